The number of esters is 1. The molecule has 1 saturated heterocycles. The van der Waals surface area contributed by atoms with E-state index in [0.29, 0.717) is 42.7 Å². The second-order valence-corrected chi connectivity index (χ2v) is 11.8. The molecule has 178 valence electrons. The Balaban J connectivity index is 1.35. The van der Waals surface area contributed by atoms with Gasteiger partial charge in [-0.15, -0.1) is 0 Å². The summed E-state index contributed by atoms with van der Waals surface area (Å²) in [6, 6.07) is 0. The molecule has 0 unspecified atom stereocenters. The van der Waals surface area contributed by atoms with E-state index in [1.54, 1.807) is 0 Å². The molecule has 0 radical (unpaired) electrons. The number of rotatable bonds is 4. The Morgan fingerprint density at radius 3 is 2.62 bits per heavy atom. The fourth-order valence-electron chi connectivity index (χ4n) is 8.74. The van der Waals surface area contributed by atoms with E-state index in [1.807, 2.05) is 0 Å². The highest BCUT2D eigenvalue weighted by Gasteiger charge is 2.62. The van der Waals surface area contributed by atoms with Crippen LogP contribution >= 0.6 is 0 Å². The molecule has 5 rings (SSSR count). The van der Waals surface area contributed by atoms with Gasteiger partial charge in [0.1, 0.15) is 11.9 Å². The van der Waals surface area contributed by atoms with Gasteiger partial charge < -0.3 is 14.2 Å². The molecule has 0 N–H and O–H groups in total. The van der Waals surface area contributed by atoms with Crippen LogP contribution in [-0.2, 0) is 23.8 Å². The van der Waals surface area contributed by atoms with Gasteiger partial charge in [0, 0.05) is 32.1 Å². The van der Waals surface area contributed by atoms with Crippen molar-refractivity contribution >= 4 is 11.8 Å². The average molecular weight is 445 g/mol. The number of allylic oxidation sites excluding steroid dienone is 1. The van der Waals surface area contributed by atoms with E-state index in [0.717, 1.165) is 44.9 Å². The summed E-state index contributed by atoms with van der Waals surface area (Å²) in [6.45, 7) is 9.96. The summed E-state index contributed by atoms with van der Waals surface area (Å²) >= 11 is 0. The summed E-state index contributed by atoms with van der Waals surface area (Å²) in [5.41, 5.74) is 1.79. The standard InChI is InChI=1S/C27H40O5/c1-16(13-24-30-11-12-31-24)25-23(29)15-22-20-6-5-18-14-19(32-17(2)28)7-9-26(18,3)21(20)8-10-27(22,25)4/h5,16,19-22,24-25H,6-15H2,1-4H3/t16-,19+,20-,21+,22+,25+,26+,27+/m1/s1. The monoisotopic (exact) mass is 444 g/mol. The second-order valence-electron chi connectivity index (χ2n) is 11.8. The number of carbonyl (C=O) groups excluding carboxylic acids is 2. The van der Waals surface area contributed by atoms with Crippen molar-refractivity contribution in [1.82, 2.24) is 0 Å². The van der Waals surface area contributed by atoms with Gasteiger partial charge in [0.15, 0.2) is 6.29 Å². The topological polar surface area (TPSA) is 61.8 Å². The molecule has 8 atom stereocenters. The van der Waals surface area contributed by atoms with Crippen molar-refractivity contribution in [2.45, 2.75) is 91.5 Å². The van der Waals surface area contributed by atoms with Crippen LogP contribution in [-0.4, -0.2) is 37.4 Å². The van der Waals surface area contributed by atoms with Gasteiger partial charge in [-0.3, -0.25) is 9.59 Å². The van der Waals surface area contributed by atoms with Crippen LogP contribution in [0, 0.1) is 40.4 Å². The molecule has 0 aromatic rings. The first-order valence-corrected chi connectivity index (χ1v) is 12.8. The van der Waals surface area contributed by atoms with Crippen molar-refractivity contribution in [3.05, 3.63) is 11.6 Å². The van der Waals surface area contributed by atoms with Crippen LogP contribution in [0.5, 0.6) is 0 Å². The van der Waals surface area contributed by atoms with Crippen LogP contribution in [0.1, 0.15) is 79.1 Å². The SMILES string of the molecule is CC(=O)O[C@H]1CC[C@@]2(C)C(=CC[C@H]3[C@@H]4CC(=O)[C@H]([C@H](C)CC5OCCO5)[C@@]4(C)CC[C@@H]32)C1. The van der Waals surface area contributed by atoms with E-state index >= 15 is 0 Å². The number of ketones is 1. The molecule has 0 spiro atoms. The van der Waals surface area contributed by atoms with Crippen LogP contribution in [0.25, 0.3) is 0 Å². The highest BCUT2D eigenvalue weighted by molar-refractivity contribution is 5.85. The third-order valence-electron chi connectivity index (χ3n) is 10.1. The number of Topliss-reactive ketones (excluding diaryl/α,β-unsaturated/α-hetero) is 1. The third kappa shape index (κ3) is 3.58. The molecule has 4 fully saturated rings. The minimum atomic E-state index is -0.167. The van der Waals surface area contributed by atoms with Gasteiger partial charge in [-0.05, 0) is 66.6 Å². The van der Waals surface area contributed by atoms with Gasteiger partial charge in [-0.25, -0.2) is 0 Å². The molecule has 1 aliphatic heterocycles. The first-order chi connectivity index (χ1) is 15.2. The Morgan fingerprint density at radius 2 is 1.91 bits per heavy atom. The summed E-state index contributed by atoms with van der Waals surface area (Å²) in [4.78, 5) is 24.9. The zero-order chi connectivity index (χ0) is 22.7. The lowest BCUT2D eigenvalue weighted by molar-refractivity contribution is -0.149. The number of carbonyl (C=O) groups is 2. The normalized spacial score (nSPS) is 44.9. The predicted octanol–water partition coefficient (Wildman–Crippen LogP) is 5.08. The highest BCUT2D eigenvalue weighted by atomic mass is 16.7. The molecular formula is C27H40O5. The molecule has 0 bridgehead atoms. The zero-order valence-corrected chi connectivity index (χ0v) is 20.2. The zero-order valence-electron chi connectivity index (χ0n) is 20.2. The largest absolute Gasteiger partial charge is 0.462 e. The van der Waals surface area contributed by atoms with Gasteiger partial charge in [0.25, 0.3) is 0 Å². The number of fused-ring (bicyclic) bond motifs is 5. The molecule has 1 heterocycles. The van der Waals surface area contributed by atoms with E-state index in [9.17, 15) is 9.59 Å². The van der Waals surface area contributed by atoms with Crippen LogP contribution < -0.4 is 0 Å². The predicted molar refractivity (Wildman–Crippen MR) is 121 cm³/mol. The summed E-state index contributed by atoms with van der Waals surface area (Å²) in [6.07, 6.45) is 10.3. The van der Waals surface area contributed by atoms with Gasteiger partial charge in [-0.2, -0.15) is 0 Å². The molecule has 0 aromatic heterocycles. The highest BCUT2D eigenvalue weighted by Crippen LogP contribution is 2.66. The van der Waals surface area contributed by atoms with Crippen molar-refractivity contribution in [3.63, 3.8) is 0 Å². The molecule has 32 heavy (non-hydrogen) atoms. The van der Waals surface area contributed by atoms with E-state index in [2.05, 4.69) is 26.8 Å². The van der Waals surface area contributed by atoms with E-state index in [4.69, 9.17) is 14.2 Å². The van der Waals surface area contributed by atoms with Crippen molar-refractivity contribution in [3.8, 4) is 0 Å². The molecule has 5 nitrogen and oxygen atoms in total. The van der Waals surface area contributed by atoms with Crippen molar-refractivity contribution < 1.29 is 23.8 Å². The Morgan fingerprint density at radius 1 is 1.16 bits per heavy atom. The molecule has 0 aromatic carbocycles. The van der Waals surface area contributed by atoms with Gasteiger partial charge in [0.05, 0.1) is 13.2 Å². The van der Waals surface area contributed by atoms with Crippen LogP contribution in [0.2, 0.25) is 0 Å². The number of ether oxygens (including phenoxy) is 3. The molecule has 0 amide bonds. The van der Waals surface area contributed by atoms with Gasteiger partial charge in [-0.1, -0.05) is 32.4 Å². The second kappa shape index (κ2) is 8.23. The lowest BCUT2D eigenvalue weighted by Gasteiger charge is -2.58. The van der Waals surface area contributed by atoms with Crippen LogP contribution in [0.15, 0.2) is 11.6 Å². The summed E-state index contributed by atoms with van der Waals surface area (Å²) < 4.78 is 17.0. The van der Waals surface area contributed by atoms with E-state index in [1.165, 1.54) is 18.9 Å². The summed E-state index contributed by atoms with van der Waals surface area (Å²) in [5, 5.41) is 0. The molecule has 3 saturated carbocycles. The maximum absolute atomic E-state index is 13.4. The fourth-order valence-corrected chi connectivity index (χ4v) is 8.74. The maximum atomic E-state index is 13.4. The Bertz CT molecular complexity index is 798. The summed E-state index contributed by atoms with van der Waals surface area (Å²) in [5.74, 6) is 2.43. The molecule has 4 aliphatic carbocycles. The Labute approximate surface area is 192 Å². The van der Waals surface area contributed by atoms with Crippen molar-refractivity contribution in [1.29, 1.82) is 0 Å². The third-order valence-corrected chi connectivity index (χ3v) is 10.1. The van der Waals surface area contributed by atoms with Crippen molar-refractivity contribution in [2.24, 2.45) is 40.4 Å². The lowest BCUT2D eigenvalue weighted by Crippen LogP contribution is -2.51. The smallest absolute Gasteiger partial charge is 0.302 e. The minimum absolute atomic E-state index is 0.0375. The number of hydrogen-bond donors (Lipinski definition) is 0. The maximum Gasteiger partial charge on any atom is 0.302 e. The summed E-state index contributed by atoms with van der Waals surface area (Å²) in [7, 11) is 0. The van der Waals surface area contributed by atoms with E-state index < -0.39 is 0 Å². The average Bonchev–Trinajstić information content (AvgIpc) is 3.32. The quantitative estimate of drug-likeness (QED) is 0.447. The van der Waals surface area contributed by atoms with Gasteiger partial charge >= 0.3 is 5.97 Å². The number of hydrogen-bond acceptors (Lipinski definition) is 5. The molecule has 5 aliphatic rings. The van der Waals surface area contributed by atoms with Crippen LogP contribution in [0.4, 0.5) is 0 Å². The fraction of sp³-hybridized carbons (Fsp3) is 0.852. The minimum Gasteiger partial charge on any atom is -0.462 e. The Hall–Kier alpha value is -1.20. The van der Waals surface area contributed by atoms with E-state index in [-0.39, 0.29) is 35.1 Å². The molecular weight excluding hydrogens is 404 g/mol. The molecule has 5 heteroatoms. The van der Waals surface area contributed by atoms with Gasteiger partial charge in [0.2, 0.25) is 0 Å². The lowest BCUT2D eigenvalue weighted by atomic mass is 9.47. The van der Waals surface area contributed by atoms with Crippen LogP contribution in [0.3, 0.4) is 0 Å². The first kappa shape index (κ1) is 22.6. The Kier molecular flexibility index (Phi) is 5.81. The first-order valence-electron chi connectivity index (χ1n) is 12.8. The van der Waals surface area contributed by atoms with Crippen molar-refractivity contribution in [2.75, 3.05) is 13.2 Å².